The molecule has 0 bridgehead atoms. The summed E-state index contributed by atoms with van der Waals surface area (Å²) in [5.74, 6) is 0. The van der Waals surface area contributed by atoms with E-state index in [-0.39, 0.29) is 12.3 Å². The zero-order valence-corrected chi connectivity index (χ0v) is 10.9. The summed E-state index contributed by atoms with van der Waals surface area (Å²) in [4.78, 5) is 10.4. The molecule has 0 spiro atoms. The monoisotopic (exact) mass is 266 g/mol. The number of nitro benzene ring substituents is 1. The van der Waals surface area contributed by atoms with Crippen LogP contribution < -0.4 is 5.32 Å². The summed E-state index contributed by atoms with van der Waals surface area (Å²) >= 11 is 0. The fourth-order valence-electron chi connectivity index (χ4n) is 2.33. The standard InChI is InChI=1S/C13H18N2O4/c1-10-6-11(8-12(7-10)15(17)18)14-13(9-16)2-4-19-5-3-13/h6-8,14,16H,2-5,9H2,1H3. The van der Waals surface area contributed by atoms with Gasteiger partial charge in [-0.1, -0.05) is 0 Å². The lowest BCUT2D eigenvalue weighted by atomic mass is 9.90. The van der Waals surface area contributed by atoms with E-state index < -0.39 is 10.5 Å². The number of benzene rings is 1. The molecule has 19 heavy (non-hydrogen) atoms. The third-order valence-corrected chi connectivity index (χ3v) is 3.44. The zero-order chi connectivity index (χ0) is 13.9. The van der Waals surface area contributed by atoms with Crippen LogP contribution in [0.3, 0.4) is 0 Å². The Morgan fingerprint density at radius 3 is 2.68 bits per heavy atom. The summed E-state index contributed by atoms with van der Waals surface area (Å²) < 4.78 is 5.29. The van der Waals surface area contributed by atoms with E-state index in [9.17, 15) is 15.2 Å². The van der Waals surface area contributed by atoms with E-state index >= 15 is 0 Å². The van der Waals surface area contributed by atoms with Gasteiger partial charge in [-0.05, 0) is 31.4 Å². The molecule has 2 N–H and O–H groups in total. The molecular weight excluding hydrogens is 248 g/mol. The molecule has 0 saturated carbocycles. The molecule has 1 aromatic rings. The maximum absolute atomic E-state index is 10.9. The number of hydrogen-bond donors (Lipinski definition) is 2. The molecule has 1 aliphatic heterocycles. The van der Waals surface area contributed by atoms with Crippen LogP contribution in [-0.4, -0.2) is 35.4 Å². The Morgan fingerprint density at radius 1 is 1.42 bits per heavy atom. The normalized spacial score (nSPS) is 18.0. The van der Waals surface area contributed by atoms with Crippen LogP contribution in [0.15, 0.2) is 18.2 Å². The van der Waals surface area contributed by atoms with Crippen LogP contribution in [0.5, 0.6) is 0 Å². The topological polar surface area (TPSA) is 84.6 Å². The van der Waals surface area contributed by atoms with Gasteiger partial charge < -0.3 is 15.2 Å². The van der Waals surface area contributed by atoms with Gasteiger partial charge in [0, 0.05) is 31.0 Å². The van der Waals surface area contributed by atoms with Crippen molar-refractivity contribution < 1.29 is 14.8 Å². The SMILES string of the molecule is Cc1cc(NC2(CO)CCOCC2)cc([N+](=O)[O-])c1. The summed E-state index contributed by atoms with van der Waals surface area (Å²) in [7, 11) is 0. The van der Waals surface area contributed by atoms with Crippen LogP contribution in [0, 0.1) is 17.0 Å². The Labute approximate surface area is 111 Å². The fraction of sp³-hybridized carbons (Fsp3) is 0.538. The number of aliphatic hydroxyl groups is 1. The minimum atomic E-state index is -0.445. The van der Waals surface area contributed by atoms with Crippen LogP contribution in [0.2, 0.25) is 0 Å². The Hall–Kier alpha value is -1.66. The first-order valence-electron chi connectivity index (χ1n) is 6.28. The number of aryl methyl sites for hydroxylation is 1. The van der Waals surface area contributed by atoms with Gasteiger partial charge in [-0.25, -0.2) is 0 Å². The molecule has 6 nitrogen and oxygen atoms in total. The number of rotatable bonds is 4. The Kier molecular flexibility index (Phi) is 4.01. The lowest BCUT2D eigenvalue weighted by molar-refractivity contribution is -0.384. The van der Waals surface area contributed by atoms with Crippen LogP contribution in [-0.2, 0) is 4.74 Å². The highest BCUT2D eigenvalue weighted by atomic mass is 16.6. The van der Waals surface area contributed by atoms with Crippen molar-refractivity contribution in [2.24, 2.45) is 0 Å². The molecule has 1 aromatic carbocycles. The first-order chi connectivity index (χ1) is 9.04. The highest BCUT2D eigenvalue weighted by molar-refractivity contribution is 5.55. The highest BCUT2D eigenvalue weighted by Crippen LogP contribution is 2.28. The van der Waals surface area contributed by atoms with E-state index in [1.165, 1.54) is 12.1 Å². The minimum absolute atomic E-state index is 0.0158. The number of nitro groups is 1. The third kappa shape index (κ3) is 3.21. The van der Waals surface area contributed by atoms with E-state index in [0.29, 0.717) is 31.7 Å². The molecule has 2 rings (SSSR count). The smallest absolute Gasteiger partial charge is 0.271 e. The molecule has 1 aliphatic rings. The van der Waals surface area contributed by atoms with E-state index in [1.54, 1.807) is 0 Å². The van der Waals surface area contributed by atoms with Gasteiger partial charge in [-0.2, -0.15) is 0 Å². The Balaban J connectivity index is 2.23. The molecular formula is C13H18N2O4. The van der Waals surface area contributed by atoms with Crippen LogP contribution in [0.25, 0.3) is 0 Å². The van der Waals surface area contributed by atoms with E-state index in [0.717, 1.165) is 5.56 Å². The number of nitrogens with one attached hydrogen (secondary N) is 1. The van der Waals surface area contributed by atoms with E-state index in [4.69, 9.17) is 4.74 Å². The molecule has 104 valence electrons. The lowest BCUT2D eigenvalue weighted by Gasteiger charge is -2.37. The van der Waals surface area contributed by atoms with Gasteiger partial charge in [-0.15, -0.1) is 0 Å². The van der Waals surface area contributed by atoms with Crippen molar-refractivity contribution in [2.45, 2.75) is 25.3 Å². The second kappa shape index (κ2) is 5.54. The van der Waals surface area contributed by atoms with Gasteiger partial charge >= 0.3 is 0 Å². The van der Waals surface area contributed by atoms with Crippen molar-refractivity contribution in [3.05, 3.63) is 33.9 Å². The Bertz CT molecular complexity index is 470. The van der Waals surface area contributed by atoms with Gasteiger partial charge in [0.15, 0.2) is 0 Å². The van der Waals surface area contributed by atoms with Crippen LogP contribution >= 0.6 is 0 Å². The van der Waals surface area contributed by atoms with Crippen LogP contribution in [0.4, 0.5) is 11.4 Å². The number of nitrogens with zero attached hydrogens (tertiary/aromatic N) is 1. The third-order valence-electron chi connectivity index (χ3n) is 3.44. The minimum Gasteiger partial charge on any atom is -0.394 e. The molecule has 0 aromatic heterocycles. The molecule has 0 aliphatic carbocycles. The summed E-state index contributed by atoms with van der Waals surface area (Å²) in [5, 5.41) is 23.7. The number of ether oxygens (including phenoxy) is 1. The molecule has 1 fully saturated rings. The van der Waals surface area contributed by atoms with Crippen molar-refractivity contribution in [3.8, 4) is 0 Å². The lowest BCUT2D eigenvalue weighted by Crippen LogP contribution is -2.46. The van der Waals surface area contributed by atoms with Gasteiger partial charge in [0.1, 0.15) is 0 Å². The second-order valence-corrected chi connectivity index (χ2v) is 4.99. The zero-order valence-electron chi connectivity index (χ0n) is 10.9. The summed E-state index contributed by atoms with van der Waals surface area (Å²) in [6, 6.07) is 4.88. The van der Waals surface area contributed by atoms with Crippen molar-refractivity contribution in [1.29, 1.82) is 0 Å². The largest absolute Gasteiger partial charge is 0.394 e. The maximum atomic E-state index is 10.9. The molecule has 0 amide bonds. The Morgan fingerprint density at radius 2 is 2.11 bits per heavy atom. The quantitative estimate of drug-likeness (QED) is 0.641. The summed E-state index contributed by atoms with van der Waals surface area (Å²) in [6.45, 7) is 2.97. The van der Waals surface area contributed by atoms with E-state index in [2.05, 4.69) is 5.32 Å². The number of non-ortho nitro benzene ring substituents is 1. The highest BCUT2D eigenvalue weighted by Gasteiger charge is 2.32. The predicted molar refractivity (Wildman–Crippen MR) is 71.3 cm³/mol. The second-order valence-electron chi connectivity index (χ2n) is 4.99. The summed E-state index contributed by atoms with van der Waals surface area (Å²) in [5.41, 5.74) is 1.10. The van der Waals surface area contributed by atoms with Gasteiger partial charge in [0.2, 0.25) is 0 Å². The number of hydrogen-bond acceptors (Lipinski definition) is 5. The average molecular weight is 266 g/mol. The molecule has 1 heterocycles. The molecule has 1 saturated heterocycles. The van der Waals surface area contributed by atoms with Crippen molar-refractivity contribution >= 4 is 11.4 Å². The first kappa shape index (κ1) is 13.8. The molecule has 0 unspecified atom stereocenters. The number of anilines is 1. The maximum Gasteiger partial charge on any atom is 0.271 e. The van der Waals surface area contributed by atoms with E-state index in [1.807, 2.05) is 13.0 Å². The van der Waals surface area contributed by atoms with Crippen LogP contribution in [0.1, 0.15) is 18.4 Å². The number of aliphatic hydroxyl groups excluding tert-OH is 1. The van der Waals surface area contributed by atoms with Crippen molar-refractivity contribution in [2.75, 3.05) is 25.1 Å². The molecule has 0 atom stereocenters. The fourth-order valence-corrected chi connectivity index (χ4v) is 2.33. The van der Waals surface area contributed by atoms with Crippen molar-refractivity contribution in [1.82, 2.24) is 0 Å². The summed E-state index contributed by atoms with van der Waals surface area (Å²) in [6.07, 6.45) is 1.37. The predicted octanol–water partition coefficient (Wildman–Crippen LogP) is 1.86. The first-order valence-corrected chi connectivity index (χ1v) is 6.28. The molecule has 6 heteroatoms. The molecule has 0 radical (unpaired) electrons. The van der Waals surface area contributed by atoms with Gasteiger partial charge in [0.05, 0.1) is 17.1 Å². The van der Waals surface area contributed by atoms with Crippen molar-refractivity contribution in [3.63, 3.8) is 0 Å². The van der Waals surface area contributed by atoms with Gasteiger partial charge in [0.25, 0.3) is 5.69 Å². The average Bonchev–Trinajstić information content (AvgIpc) is 2.39. The van der Waals surface area contributed by atoms with Gasteiger partial charge in [-0.3, -0.25) is 10.1 Å².